The predicted octanol–water partition coefficient (Wildman–Crippen LogP) is 4.37. The summed E-state index contributed by atoms with van der Waals surface area (Å²) in [5.74, 6) is 1.30. The van der Waals surface area contributed by atoms with Crippen LogP contribution in [0.5, 0.6) is 11.5 Å². The normalized spacial score (nSPS) is 10.3. The van der Waals surface area contributed by atoms with Crippen molar-refractivity contribution < 1.29 is 14.3 Å². The van der Waals surface area contributed by atoms with E-state index < -0.39 is 0 Å². The first kappa shape index (κ1) is 20.3. The Kier molecular flexibility index (Phi) is 6.74. The minimum Gasteiger partial charge on any atom is -0.493 e. The molecule has 0 unspecified atom stereocenters. The molecule has 3 rings (SSSR count). The molecule has 150 valence electrons. The van der Waals surface area contributed by atoms with Gasteiger partial charge in [0.05, 0.1) is 27.3 Å². The van der Waals surface area contributed by atoms with E-state index in [1.807, 2.05) is 95.7 Å². The molecule has 0 aromatic heterocycles. The highest BCUT2D eigenvalue weighted by atomic mass is 16.5. The summed E-state index contributed by atoms with van der Waals surface area (Å²) in [5, 5.41) is 0. The summed E-state index contributed by atoms with van der Waals surface area (Å²) in [7, 11) is 5.10. The average Bonchev–Trinajstić information content (AvgIpc) is 2.78. The Morgan fingerprint density at radius 3 is 2.03 bits per heavy atom. The van der Waals surface area contributed by atoms with Crippen molar-refractivity contribution in [3.63, 3.8) is 0 Å². The van der Waals surface area contributed by atoms with Crippen LogP contribution >= 0.6 is 0 Å². The Balaban J connectivity index is 1.80. The van der Waals surface area contributed by atoms with Crippen molar-refractivity contribution in [2.24, 2.45) is 0 Å². The molecule has 3 aromatic rings. The number of rotatable bonds is 8. The van der Waals surface area contributed by atoms with Gasteiger partial charge in [0.1, 0.15) is 0 Å². The molecular formula is C24H26N2O3. The lowest BCUT2D eigenvalue weighted by Gasteiger charge is -2.27. The number of para-hydroxylation sites is 1. The number of hydrogen-bond donors (Lipinski definition) is 0. The van der Waals surface area contributed by atoms with E-state index >= 15 is 0 Å². The molecule has 0 aliphatic rings. The number of methoxy groups -OCH3 is 2. The fourth-order valence-electron chi connectivity index (χ4n) is 3.14. The van der Waals surface area contributed by atoms with Crippen LogP contribution in [0, 0.1) is 0 Å². The van der Waals surface area contributed by atoms with Gasteiger partial charge >= 0.3 is 0 Å². The van der Waals surface area contributed by atoms with Gasteiger partial charge in [0.25, 0.3) is 0 Å². The van der Waals surface area contributed by atoms with Gasteiger partial charge in [-0.2, -0.15) is 0 Å². The predicted molar refractivity (Wildman–Crippen MR) is 117 cm³/mol. The molecule has 3 aromatic carbocycles. The first-order chi connectivity index (χ1) is 14.1. The smallest absolute Gasteiger partial charge is 0.246 e. The van der Waals surface area contributed by atoms with Crippen molar-refractivity contribution in [3.8, 4) is 11.5 Å². The van der Waals surface area contributed by atoms with Crippen molar-refractivity contribution in [2.45, 2.75) is 6.54 Å². The molecule has 0 radical (unpaired) electrons. The molecule has 0 spiro atoms. The molecule has 5 nitrogen and oxygen atoms in total. The number of ether oxygens (including phenoxy) is 2. The summed E-state index contributed by atoms with van der Waals surface area (Å²) in [5.41, 5.74) is 2.84. The molecule has 0 bridgehead atoms. The van der Waals surface area contributed by atoms with Gasteiger partial charge in [0, 0.05) is 24.5 Å². The van der Waals surface area contributed by atoms with Crippen LogP contribution in [-0.4, -0.2) is 33.7 Å². The first-order valence-electron chi connectivity index (χ1n) is 9.45. The first-order valence-corrected chi connectivity index (χ1v) is 9.45. The van der Waals surface area contributed by atoms with Crippen LogP contribution in [0.4, 0.5) is 11.4 Å². The molecule has 1 amide bonds. The lowest BCUT2D eigenvalue weighted by molar-refractivity contribution is -0.117. The molecule has 5 heteroatoms. The Labute approximate surface area is 172 Å². The van der Waals surface area contributed by atoms with Crippen LogP contribution in [0.25, 0.3) is 0 Å². The van der Waals surface area contributed by atoms with E-state index in [0.29, 0.717) is 18.0 Å². The number of amides is 1. The third-order valence-corrected chi connectivity index (χ3v) is 4.73. The van der Waals surface area contributed by atoms with Gasteiger partial charge in [0.15, 0.2) is 11.5 Å². The zero-order chi connectivity index (χ0) is 20.6. The molecule has 0 saturated carbocycles. The summed E-state index contributed by atoms with van der Waals surface area (Å²) in [6.45, 7) is 0.751. The van der Waals surface area contributed by atoms with Crippen molar-refractivity contribution >= 4 is 17.3 Å². The van der Waals surface area contributed by atoms with Gasteiger partial charge < -0.3 is 19.3 Å². The van der Waals surface area contributed by atoms with Crippen molar-refractivity contribution in [3.05, 3.63) is 84.4 Å². The van der Waals surface area contributed by atoms with Crippen LogP contribution in [0.2, 0.25) is 0 Å². The molecule has 29 heavy (non-hydrogen) atoms. The number of nitrogens with zero attached hydrogens (tertiary/aromatic N) is 2. The molecule has 0 aliphatic carbocycles. The molecular weight excluding hydrogens is 364 g/mol. The maximum atomic E-state index is 13.2. The monoisotopic (exact) mass is 390 g/mol. The topological polar surface area (TPSA) is 42.0 Å². The number of carbonyl (C=O) groups is 1. The van der Waals surface area contributed by atoms with Crippen LogP contribution < -0.4 is 19.3 Å². The zero-order valence-corrected chi connectivity index (χ0v) is 17.0. The van der Waals surface area contributed by atoms with E-state index in [0.717, 1.165) is 16.9 Å². The minimum absolute atomic E-state index is 0.0114. The highest BCUT2D eigenvalue weighted by molar-refractivity contribution is 5.96. The molecule has 0 fully saturated rings. The maximum Gasteiger partial charge on any atom is 0.246 e. The van der Waals surface area contributed by atoms with Gasteiger partial charge in [-0.15, -0.1) is 0 Å². The van der Waals surface area contributed by atoms with E-state index in [1.54, 1.807) is 14.2 Å². The van der Waals surface area contributed by atoms with Crippen LogP contribution in [0.1, 0.15) is 5.56 Å². The quantitative estimate of drug-likeness (QED) is 0.573. The highest BCUT2D eigenvalue weighted by Crippen LogP contribution is 2.31. The molecule has 0 aliphatic heterocycles. The number of benzene rings is 3. The Bertz CT molecular complexity index is 929. The zero-order valence-electron chi connectivity index (χ0n) is 17.0. The van der Waals surface area contributed by atoms with Crippen LogP contribution in [0.15, 0.2) is 78.9 Å². The second kappa shape index (κ2) is 9.64. The number of likely N-dealkylation sites (N-methyl/N-ethyl adjacent to an activating group) is 1. The summed E-state index contributed by atoms with van der Waals surface area (Å²) >= 11 is 0. The van der Waals surface area contributed by atoms with E-state index in [4.69, 9.17) is 9.47 Å². The van der Waals surface area contributed by atoms with E-state index in [1.165, 1.54) is 0 Å². The lowest BCUT2D eigenvalue weighted by atomic mass is 10.2. The fraction of sp³-hybridized carbons (Fsp3) is 0.208. The Hall–Kier alpha value is -3.47. The Morgan fingerprint density at radius 2 is 1.41 bits per heavy atom. The summed E-state index contributed by atoms with van der Waals surface area (Å²) in [6.07, 6.45) is 0. The molecule has 0 N–H and O–H groups in total. The van der Waals surface area contributed by atoms with Gasteiger partial charge in [-0.05, 0) is 29.8 Å². The lowest BCUT2D eigenvalue weighted by Crippen LogP contribution is -2.38. The number of carbonyl (C=O) groups excluding carboxylic acids is 1. The van der Waals surface area contributed by atoms with Gasteiger partial charge in [-0.25, -0.2) is 0 Å². The summed E-state index contributed by atoms with van der Waals surface area (Å²) < 4.78 is 10.7. The maximum absolute atomic E-state index is 13.2. The minimum atomic E-state index is 0.0114. The SMILES string of the molecule is COc1ccc(N(C)CC(=O)N(Cc2ccccc2)c2ccccc2)cc1OC. The largest absolute Gasteiger partial charge is 0.493 e. The second-order valence-electron chi connectivity index (χ2n) is 6.70. The third kappa shape index (κ3) is 5.08. The molecule has 0 heterocycles. The third-order valence-electron chi connectivity index (χ3n) is 4.73. The van der Waals surface area contributed by atoms with Gasteiger partial charge in [0.2, 0.25) is 5.91 Å². The number of anilines is 2. The van der Waals surface area contributed by atoms with Gasteiger partial charge in [-0.1, -0.05) is 48.5 Å². The van der Waals surface area contributed by atoms with E-state index in [-0.39, 0.29) is 12.5 Å². The van der Waals surface area contributed by atoms with Crippen molar-refractivity contribution in [2.75, 3.05) is 37.6 Å². The van der Waals surface area contributed by atoms with Crippen LogP contribution in [-0.2, 0) is 11.3 Å². The number of hydrogen-bond acceptors (Lipinski definition) is 4. The van der Waals surface area contributed by atoms with E-state index in [9.17, 15) is 4.79 Å². The summed E-state index contributed by atoms with van der Waals surface area (Å²) in [6, 6.07) is 25.4. The average molecular weight is 390 g/mol. The highest BCUT2D eigenvalue weighted by Gasteiger charge is 2.19. The Morgan fingerprint density at radius 1 is 0.793 bits per heavy atom. The second-order valence-corrected chi connectivity index (χ2v) is 6.70. The van der Waals surface area contributed by atoms with E-state index in [2.05, 4.69) is 0 Å². The summed E-state index contributed by atoms with van der Waals surface area (Å²) in [4.78, 5) is 17.0. The molecule has 0 saturated heterocycles. The van der Waals surface area contributed by atoms with Gasteiger partial charge in [-0.3, -0.25) is 4.79 Å². The van der Waals surface area contributed by atoms with Crippen LogP contribution in [0.3, 0.4) is 0 Å². The molecule has 0 atom stereocenters. The fourth-order valence-corrected chi connectivity index (χ4v) is 3.14. The standard InChI is InChI=1S/C24H26N2O3/c1-25(21-14-15-22(28-2)23(16-21)29-3)18-24(27)26(20-12-8-5-9-13-20)17-19-10-6-4-7-11-19/h4-16H,17-18H2,1-3H3. The van der Waals surface area contributed by atoms with Crippen molar-refractivity contribution in [1.29, 1.82) is 0 Å². The van der Waals surface area contributed by atoms with Crippen molar-refractivity contribution in [1.82, 2.24) is 0 Å².